The van der Waals surface area contributed by atoms with Crippen LogP contribution in [0.5, 0.6) is 0 Å². The molecule has 1 aliphatic heterocycles. The Morgan fingerprint density at radius 3 is 2.68 bits per heavy atom. The molecule has 0 radical (unpaired) electrons. The van der Waals surface area contributed by atoms with Gasteiger partial charge in [-0.1, -0.05) is 25.0 Å². The van der Waals surface area contributed by atoms with Gasteiger partial charge in [-0.3, -0.25) is 14.3 Å². The molecule has 6 nitrogen and oxygen atoms in total. The third-order valence-corrected chi connectivity index (χ3v) is 6.22. The van der Waals surface area contributed by atoms with Crippen LogP contribution < -0.4 is 5.56 Å². The summed E-state index contributed by atoms with van der Waals surface area (Å²) in [5.41, 5.74) is 2.09. The van der Waals surface area contributed by atoms with Crippen molar-refractivity contribution in [3.8, 4) is 0 Å². The summed E-state index contributed by atoms with van der Waals surface area (Å²) in [6.07, 6.45) is 10.3. The molecule has 28 heavy (non-hydrogen) atoms. The molecule has 1 unspecified atom stereocenters. The van der Waals surface area contributed by atoms with E-state index in [9.17, 15) is 4.79 Å². The maximum Gasteiger partial charge on any atom is 0.261 e. The van der Waals surface area contributed by atoms with Crippen LogP contribution in [0.3, 0.4) is 0 Å². The van der Waals surface area contributed by atoms with Crippen molar-refractivity contribution in [2.45, 2.75) is 57.2 Å². The molecule has 2 fully saturated rings. The number of fused-ring (bicyclic) bond motifs is 1. The van der Waals surface area contributed by atoms with Gasteiger partial charge in [0.15, 0.2) is 0 Å². The maximum atomic E-state index is 13.4. The molecule has 1 saturated heterocycles. The topological polar surface area (TPSA) is 63.9 Å². The average Bonchev–Trinajstić information content (AvgIpc) is 3.41. The van der Waals surface area contributed by atoms with Gasteiger partial charge in [-0.15, -0.1) is 0 Å². The molecule has 2 aliphatic rings. The molecule has 3 heterocycles. The molecular weight excluding hydrogens is 350 g/mol. The molecule has 1 saturated carbocycles. The van der Waals surface area contributed by atoms with Crippen LogP contribution in [-0.2, 0) is 6.54 Å². The van der Waals surface area contributed by atoms with Crippen LogP contribution in [-0.4, -0.2) is 31.2 Å². The van der Waals surface area contributed by atoms with Crippen LogP contribution in [0.4, 0.5) is 0 Å². The summed E-state index contributed by atoms with van der Waals surface area (Å²) >= 11 is 0. The molecule has 0 N–H and O–H groups in total. The lowest BCUT2D eigenvalue weighted by atomic mass is 10.1. The Labute approximate surface area is 164 Å². The smallest absolute Gasteiger partial charge is 0.261 e. The first-order chi connectivity index (χ1) is 13.8. The second-order valence-electron chi connectivity index (χ2n) is 7.98. The van der Waals surface area contributed by atoms with E-state index in [-0.39, 0.29) is 17.6 Å². The molecule has 2 aromatic heterocycles. The highest BCUT2D eigenvalue weighted by molar-refractivity contribution is 5.77. The Bertz CT molecular complexity index is 1030. The quantitative estimate of drug-likeness (QED) is 0.697. The Kier molecular flexibility index (Phi) is 4.64. The van der Waals surface area contributed by atoms with E-state index < -0.39 is 0 Å². The lowest BCUT2D eigenvalue weighted by Crippen LogP contribution is -2.33. The van der Waals surface area contributed by atoms with Gasteiger partial charge in [-0.25, -0.2) is 4.98 Å². The van der Waals surface area contributed by atoms with Crippen molar-refractivity contribution in [2.75, 3.05) is 6.54 Å². The van der Waals surface area contributed by atoms with Crippen molar-refractivity contribution >= 4 is 10.9 Å². The SMILES string of the molecule is O=c1c2ccccc2nc(C2CCCN2Cc2ccnnc2)n1C1CCCC1. The van der Waals surface area contributed by atoms with E-state index in [2.05, 4.69) is 15.1 Å². The van der Waals surface area contributed by atoms with Gasteiger partial charge in [0.1, 0.15) is 5.82 Å². The predicted octanol–water partition coefficient (Wildman–Crippen LogP) is 3.64. The summed E-state index contributed by atoms with van der Waals surface area (Å²) < 4.78 is 2.04. The molecule has 0 spiro atoms. The van der Waals surface area contributed by atoms with Crippen molar-refractivity contribution in [2.24, 2.45) is 0 Å². The van der Waals surface area contributed by atoms with Crippen molar-refractivity contribution in [1.82, 2.24) is 24.6 Å². The fourth-order valence-electron chi connectivity index (χ4n) is 4.87. The largest absolute Gasteiger partial charge is 0.292 e. The Morgan fingerprint density at radius 1 is 1.00 bits per heavy atom. The van der Waals surface area contributed by atoms with Gasteiger partial charge in [-0.2, -0.15) is 10.2 Å². The molecule has 1 aliphatic carbocycles. The zero-order valence-electron chi connectivity index (χ0n) is 16.0. The van der Waals surface area contributed by atoms with Crippen molar-refractivity contribution in [3.05, 3.63) is 64.5 Å². The van der Waals surface area contributed by atoms with Crippen LogP contribution in [0.15, 0.2) is 47.5 Å². The van der Waals surface area contributed by atoms with Gasteiger partial charge >= 0.3 is 0 Å². The van der Waals surface area contributed by atoms with Gasteiger partial charge in [-0.05, 0) is 56.0 Å². The van der Waals surface area contributed by atoms with E-state index in [1.165, 1.54) is 12.8 Å². The lowest BCUT2D eigenvalue weighted by Gasteiger charge is -2.28. The highest BCUT2D eigenvalue weighted by Crippen LogP contribution is 2.36. The summed E-state index contributed by atoms with van der Waals surface area (Å²) in [7, 11) is 0. The van der Waals surface area contributed by atoms with Gasteiger partial charge in [0.25, 0.3) is 5.56 Å². The average molecular weight is 375 g/mol. The normalized spacial score (nSPS) is 20.9. The number of hydrogen-bond donors (Lipinski definition) is 0. The molecule has 144 valence electrons. The van der Waals surface area contributed by atoms with Crippen LogP contribution in [0, 0.1) is 0 Å². The third-order valence-electron chi connectivity index (χ3n) is 6.22. The fourth-order valence-corrected chi connectivity index (χ4v) is 4.87. The minimum Gasteiger partial charge on any atom is -0.292 e. The summed E-state index contributed by atoms with van der Waals surface area (Å²) in [5.74, 6) is 0.954. The van der Waals surface area contributed by atoms with Gasteiger partial charge in [0.2, 0.25) is 0 Å². The van der Waals surface area contributed by atoms with Crippen molar-refractivity contribution in [3.63, 3.8) is 0 Å². The lowest BCUT2D eigenvalue weighted by molar-refractivity contribution is 0.228. The van der Waals surface area contributed by atoms with E-state index in [4.69, 9.17) is 4.98 Å². The number of likely N-dealkylation sites (tertiary alicyclic amines) is 1. The number of para-hydroxylation sites is 1. The number of aromatic nitrogens is 4. The number of hydrogen-bond acceptors (Lipinski definition) is 5. The molecule has 3 aromatic rings. The first-order valence-corrected chi connectivity index (χ1v) is 10.3. The van der Waals surface area contributed by atoms with Gasteiger partial charge < -0.3 is 0 Å². The van der Waals surface area contributed by atoms with Crippen LogP contribution in [0.25, 0.3) is 10.9 Å². The minimum absolute atomic E-state index is 0.130. The molecule has 5 rings (SSSR count). The number of rotatable bonds is 4. The first kappa shape index (κ1) is 17.5. The summed E-state index contributed by atoms with van der Waals surface area (Å²) in [6, 6.07) is 10.2. The zero-order chi connectivity index (χ0) is 18.9. The maximum absolute atomic E-state index is 13.4. The highest BCUT2D eigenvalue weighted by Gasteiger charge is 2.33. The van der Waals surface area contributed by atoms with Crippen LogP contribution in [0.1, 0.15) is 62.0 Å². The minimum atomic E-state index is 0.130. The van der Waals surface area contributed by atoms with Crippen molar-refractivity contribution in [1.29, 1.82) is 0 Å². The molecule has 1 atom stereocenters. The molecule has 0 amide bonds. The van der Waals surface area contributed by atoms with Crippen LogP contribution in [0.2, 0.25) is 0 Å². The van der Waals surface area contributed by atoms with E-state index in [1.807, 2.05) is 41.1 Å². The van der Waals surface area contributed by atoms with E-state index in [1.54, 1.807) is 6.20 Å². The van der Waals surface area contributed by atoms with Gasteiger partial charge in [0, 0.05) is 18.8 Å². The number of nitrogens with zero attached hydrogens (tertiary/aromatic N) is 5. The highest BCUT2D eigenvalue weighted by atomic mass is 16.1. The molecule has 0 bridgehead atoms. The van der Waals surface area contributed by atoms with Crippen molar-refractivity contribution < 1.29 is 0 Å². The Morgan fingerprint density at radius 2 is 1.86 bits per heavy atom. The molecular formula is C22H25N5O. The standard InChI is InChI=1S/C22H25N5O/c28-22-18-8-3-4-9-19(18)25-21(27(22)17-6-1-2-7-17)20-10-5-13-26(20)15-16-11-12-23-24-14-16/h3-4,8-9,11-12,14,17,20H,1-2,5-7,10,13,15H2. The summed E-state index contributed by atoms with van der Waals surface area (Å²) in [5, 5.41) is 8.63. The fraction of sp³-hybridized carbons (Fsp3) is 0.455. The second-order valence-corrected chi connectivity index (χ2v) is 7.98. The zero-order valence-corrected chi connectivity index (χ0v) is 16.0. The van der Waals surface area contributed by atoms with Gasteiger partial charge in [0.05, 0.1) is 23.1 Å². The number of benzene rings is 1. The van der Waals surface area contributed by atoms with E-state index in [0.717, 1.165) is 61.1 Å². The second kappa shape index (κ2) is 7.43. The summed E-state index contributed by atoms with van der Waals surface area (Å²) in [4.78, 5) is 20.9. The van der Waals surface area contributed by atoms with E-state index in [0.29, 0.717) is 0 Å². The molecule has 1 aromatic carbocycles. The Balaban J connectivity index is 1.60. The Hall–Kier alpha value is -2.60. The summed E-state index contributed by atoms with van der Waals surface area (Å²) in [6.45, 7) is 1.83. The first-order valence-electron chi connectivity index (χ1n) is 10.3. The monoisotopic (exact) mass is 375 g/mol. The van der Waals surface area contributed by atoms with Crippen LogP contribution >= 0.6 is 0 Å². The predicted molar refractivity (Wildman–Crippen MR) is 108 cm³/mol. The molecule has 6 heteroatoms. The van der Waals surface area contributed by atoms with E-state index >= 15 is 0 Å². The third kappa shape index (κ3) is 3.11.